The molecule has 0 saturated carbocycles. The summed E-state index contributed by atoms with van der Waals surface area (Å²) in [6.45, 7) is 0.985. The first-order valence-electron chi connectivity index (χ1n) is 6.65. The van der Waals surface area contributed by atoms with Crippen LogP contribution in [0.5, 0.6) is 11.5 Å². The van der Waals surface area contributed by atoms with Crippen LogP contribution in [0.15, 0.2) is 40.9 Å². The predicted octanol–water partition coefficient (Wildman–Crippen LogP) is 4.15. The Morgan fingerprint density at radius 1 is 1.19 bits per heavy atom. The molecule has 0 aliphatic carbocycles. The molecule has 0 saturated heterocycles. The monoisotopic (exact) mass is 368 g/mol. The van der Waals surface area contributed by atoms with Crippen LogP contribution in [-0.2, 0) is 6.42 Å². The summed E-state index contributed by atoms with van der Waals surface area (Å²) in [6, 6.07) is 11.4. The highest BCUT2D eigenvalue weighted by molar-refractivity contribution is 9.10. The van der Waals surface area contributed by atoms with Crippen molar-refractivity contribution in [2.24, 2.45) is 0 Å². The van der Waals surface area contributed by atoms with Gasteiger partial charge < -0.3 is 14.6 Å². The zero-order chi connectivity index (χ0) is 14.8. The number of benzene rings is 2. The topological polar surface area (TPSA) is 38.7 Å². The molecular formula is C16H14BrClO3. The first-order valence-corrected chi connectivity index (χ1v) is 7.83. The van der Waals surface area contributed by atoms with E-state index in [1.54, 1.807) is 12.1 Å². The van der Waals surface area contributed by atoms with E-state index in [-0.39, 0.29) is 0 Å². The molecule has 1 heterocycles. The van der Waals surface area contributed by atoms with Crippen LogP contribution in [0.1, 0.15) is 17.2 Å². The van der Waals surface area contributed by atoms with Crippen LogP contribution in [0.2, 0.25) is 5.02 Å². The highest BCUT2D eigenvalue weighted by atomic mass is 79.9. The number of fused-ring (bicyclic) bond motifs is 1. The van der Waals surface area contributed by atoms with Crippen LogP contribution < -0.4 is 9.47 Å². The van der Waals surface area contributed by atoms with Gasteiger partial charge in [0.05, 0.1) is 11.1 Å². The van der Waals surface area contributed by atoms with Gasteiger partial charge in [0.2, 0.25) is 0 Å². The van der Waals surface area contributed by atoms with Crippen molar-refractivity contribution in [1.82, 2.24) is 0 Å². The van der Waals surface area contributed by atoms with E-state index in [0.29, 0.717) is 36.2 Å². The van der Waals surface area contributed by atoms with Crippen LogP contribution in [0.4, 0.5) is 0 Å². The van der Waals surface area contributed by atoms with Gasteiger partial charge in [0.25, 0.3) is 0 Å². The van der Waals surface area contributed by atoms with E-state index in [1.807, 2.05) is 24.3 Å². The van der Waals surface area contributed by atoms with Gasteiger partial charge in [-0.3, -0.25) is 0 Å². The minimum atomic E-state index is -0.656. The molecule has 3 rings (SSSR count). The summed E-state index contributed by atoms with van der Waals surface area (Å²) in [5.41, 5.74) is 1.76. The second-order valence-electron chi connectivity index (χ2n) is 4.84. The molecule has 0 radical (unpaired) electrons. The van der Waals surface area contributed by atoms with Crippen molar-refractivity contribution in [3.05, 3.63) is 57.0 Å². The quantitative estimate of drug-likeness (QED) is 0.883. The molecule has 5 heteroatoms. The molecule has 110 valence electrons. The van der Waals surface area contributed by atoms with Crippen molar-refractivity contribution in [2.75, 3.05) is 13.2 Å². The van der Waals surface area contributed by atoms with E-state index < -0.39 is 6.10 Å². The zero-order valence-electron chi connectivity index (χ0n) is 11.2. The summed E-state index contributed by atoms with van der Waals surface area (Å²) < 4.78 is 12.0. The van der Waals surface area contributed by atoms with Crippen molar-refractivity contribution in [3.63, 3.8) is 0 Å². The number of hydrogen-bond donors (Lipinski definition) is 1. The van der Waals surface area contributed by atoms with Crippen molar-refractivity contribution < 1.29 is 14.6 Å². The number of aliphatic hydroxyl groups is 1. The summed E-state index contributed by atoms with van der Waals surface area (Å²) in [5.74, 6) is 1.15. The number of rotatable bonds is 3. The molecule has 2 aromatic rings. The molecule has 1 aliphatic heterocycles. The van der Waals surface area contributed by atoms with Crippen LogP contribution >= 0.6 is 27.5 Å². The Labute approximate surface area is 136 Å². The second kappa shape index (κ2) is 6.26. The third kappa shape index (κ3) is 3.18. The fraction of sp³-hybridized carbons (Fsp3) is 0.250. The van der Waals surface area contributed by atoms with E-state index in [1.165, 1.54) is 0 Å². The van der Waals surface area contributed by atoms with E-state index in [4.69, 9.17) is 21.1 Å². The molecule has 21 heavy (non-hydrogen) atoms. The lowest BCUT2D eigenvalue weighted by Crippen LogP contribution is -2.16. The molecular weight excluding hydrogens is 356 g/mol. The Balaban J connectivity index is 1.86. The normalized spacial score (nSPS) is 14.8. The molecule has 1 atom stereocenters. The van der Waals surface area contributed by atoms with E-state index in [2.05, 4.69) is 15.9 Å². The summed E-state index contributed by atoms with van der Waals surface area (Å²) in [7, 11) is 0. The Morgan fingerprint density at radius 3 is 2.76 bits per heavy atom. The zero-order valence-corrected chi connectivity index (χ0v) is 13.5. The molecule has 0 spiro atoms. The summed E-state index contributed by atoms with van der Waals surface area (Å²) in [6.07, 6.45) is -0.158. The van der Waals surface area contributed by atoms with Crippen LogP contribution in [-0.4, -0.2) is 18.3 Å². The molecule has 3 nitrogen and oxygen atoms in total. The number of hydrogen-bond acceptors (Lipinski definition) is 3. The minimum Gasteiger partial charge on any atom is -0.486 e. The van der Waals surface area contributed by atoms with Gasteiger partial charge in [-0.15, -0.1) is 0 Å². The highest BCUT2D eigenvalue weighted by Crippen LogP contribution is 2.40. The van der Waals surface area contributed by atoms with E-state index in [0.717, 1.165) is 15.6 Å². The lowest BCUT2D eigenvalue weighted by molar-refractivity contribution is 0.164. The smallest absolute Gasteiger partial charge is 0.179 e. The third-order valence-electron chi connectivity index (χ3n) is 3.38. The van der Waals surface area contributed by atoms with Gasteiger partial charge in [0, 0.05) is 10.9 Å². The van der Waals surface area contributed by atoms with Crippen LogP contribution in [0, 0.1) is 0 Å². The molecule has 0 bridgehead atoms. The van der Waals surface area contributed by atoms with Crippen molar-refractivity contribution in [3.8, 4) is 11.5 Å². The van der Waals surface area contributed by atoms with Crippen molar-refractivity contribution in [2.45, 2.75) is 12.5 Å². The average molecular weight is 370 g/mol. The number of aliphatic hydroxyl groups excluding tert-OH is 1. The Bertz CT molecular complexity index is 660. The molecule has 2 aromatic carbocycles. The molecule has 1 N–H and O–H groups in total. The van der Waals surface area contributed by atoms with Crippen molar-refractivity contribution >= 4 is 27.5 Å². The summed E-state index contributed by atoms with van der Waals surface area (Å²) in [5, 5.41) is 10.9. The highest BCUT2D eigenvalue weighted by Gasteiger charge is 2.20. The summed E-state index contributed by atoms with van der Waals surface area (Å²) in [4.78, 5) is 0. The minimum absolute atomic E-state index is 0.466. The van der Waals surface area contributed by atoms with Gasteiger partial charge >= 0.3 is 0 Å². The largest absolute Gasteiger partial charge is 0.486 e. The van der Waals surface area contributed by atoms with E-state index in [9.17, 15) is 5.11 Å². The van der Waals surface area contributed by atoms with E-state index >= 15 is 0 Å². The SMILES string of the molecule is OC(Cc1ccccc1Br)c1cc(Cl)c2c(c1)OCCO2. The first-order chi connectivity index (χ1) is 10.1. The van der Waals surface area contributed by atoms with Crippen LogP contribution in [0.25, 0.3) is 0 Å². The molecule has 0 aromatic heterocycles. The Kier molecular flexibility index (Phi) is 4.38. The van der Waals surface area contributed by atoms with Gasteiger partial charge in [-0.05, 0) is 29.3 Å². The van der Waals surface area contributed by atoms with Crippen LogP contribution in [0.3, 0.4) is 0 Å². The number of halogens is 2. The van der Waals surface area contributed by atoms with Gasteiger partial charge in [-0.2, -0.15) is 0 Å². The maximum atomic E-state index is 10.4. The third-order valence-corrected chi connectivity index (χ3v) is 4.43. The Hall–Kier alpha value is -1.23. The Morgan fingerprint density at radius 2 is 1.95 bits per heavy atom. The standard InChI is InChI=1S/C16H14BrClO3/c17-12-4-2-1-3-10(12)8-14(19)11-7-13(18)16-15(9-11)20-5-6-21-16/h1-4,7,9,14,19H,5-6,8H2. The van der Waals surface area contributed by atoms with Gasteiger partial charge in [0.1, 0.15) is 13.2 Å². The molecule has 1 unspecified atom stereocenters. The second-order valence-corrected chi connectivity index (χ2v) is 6.10. The molecule has 1 aliphatic rings. The average Bonchev–Trinajstić information content (AvgIpc) is 2.49. The van der Waals surface area contributed by atoms with Gasteiger partial charge in [-0.1, -0.05) is 45.7 Å². The lowest BCUT2D eigenvalue weighted by atomic mass is 10.0. The molecule has 0 fully saturated rings. The maximum Gasteiger partial charge on any atom is 0.179 e. The fourth-order valence-electron chi connectivity index (χ4n) is 2.31. The van der Waals surface area contributed by atoms with Gasteiger partial charge in [-0.25, -0.2) is 0 Å². The van der Waals surface area contributed by atoms with Crippen molar-refractivity contribution in [1.29, 1.82) is 0 Å². The lowest BCUT2D eigenvalue weighted by Gasteiger charge is -2.21. The first kappa shape index (κ1) is 14.7. The molecule has 0 amide bonds. The predicted molar refractivity (Wildman–Crippen MR) is 85.2 cm³/mol. The maximum absolute atomic E-state index is 10.4. The van der Waals surface area contributed by atoms with Gasteiger partial charge in [0.15, 0.2) is 11.5 Å². The number of ether oxygens (including phenoxy) is 2. The fourth-order valence-corrected chi connectivity index (χ4v) is 3.03. The summed E-state index contributed by atoms with van der Waals surface area (Å²) >= 11 is 9.69.